The Bertz CT molecular complexity index is 280. The lowest BCUT2D eigenvalue weighted by Crippen LogP contribution is -2.19. The van der Waals surface area contributed by atoms with E-state index in [0.29, 0.717) is 0 Å². The smallest absolute Gasteiger partial charge is 0.169 e. The summed E-state index contributed by atoms with van der Waals surface area (Å²) in [6.07, 6.45) is 5.13. The molecule has 1 unspecified atom stereocenters. The molecule has 1 fully saturated rings. The highest BCUT2D eigenvalue weighted by Crippen LogP contribution is 2.34. The molecular weight excluding hydrogens is 230 g/mol. The van der Waals surface area contributed by atoms with Crippen molar-refractivity contribution in [3.8, 4) is 0 Å². The van der Waals surface area contributed by atoms with Crippen molar-refractivity contribution in [1.29, 1.82) is 0 Å². The van der Waals surface area contributed by atoms with Gasteiger partial charge in [-0.1, -0.05) is 19.3 Å². The van der Waals surface area contributed by atoms with Crippen molar-refractivity contribution >= 4 is 15.9 Å². The normalized spacial score (nSPS) is 19.8. The summed E-state index contributed by atoms with van der Waals surface area (Å²) in [7, 11) is 0. The summed E-state index contributed by atoms with van der Waals surface area (Å²) >= 11 is 3.28. The fourth-order valence-electron chi connectivity index (χ4n) is 1.73. The van der Waals surface area contributed by atoms with E-state index < -0.39 is 0 Å². The van der Waals surface area contributed by atoms with Crippen LogP contribution in [0.1, 0.15) is 37.5 Å². The molecule has 0 amide bonds. The molecule has 1 aromatic rings. The lowest BCUT2D eigenvalue weighted by molar-refractivity contribution is 0.265. The second kappa shape index (κ2) is 3.84. The molecule has 1 aromatic heterocycles. The summed E-state index contributed by atoms with van der Waals surface area (Å²) in [6.45, 7) is 0. The van der Waals surface area contributed by atoms with Gasteiger partial charge in [0.05, 0.1) is 6.04 Å². The molecule has 0 spiro atoms. The van der Waals surface area contributed by atoms with Gasteiger partial charge in [-0.05, 0) is 40.4 Å². The third-order valence-corrected chi connectivity index (χ3v) is 3.20. The van der Waals surface area contributed by atoms with E-state index in [1.54, 1.807) is 0 Å². The third kappa shape index (κ3) is 2.15. The standard InChI is InChI=1S/C10H14BrNO/c11-10-5-4-9(13-10)8(12)6-7-2-1-3-7/h4-5,7-8H,1-3,6,12H2. The maximum atomic E-state index is 6.00. The molecule has 0 bridgehead atoms. The van der Waals surface area contributed by atoms with Crippen molar-refractivity contribution < 1.29 is 4.42 Å². The van der Waals surface area contributed by atoms with Crippen LogP contribution in [0.4, 0.5) is 0 Å². The summed E-state index contributed by atoms with van der Waals surface area (Å²) in [5.41, 5.74) is 6.00. The number of furan rings is 1. The Balaban J connectivity index is 1.92. The van der Waals surface area contributed by atoms with E-state index in [1.165, 1.54) is 19.3 Å². The van der Waals surface area contributed by atoms with Crippen molar-refractivity contribution in [1.82, 2.24) is 0 Å². The molecule has 13 heavy (non-hydrogen) atoms. The van der Waals surface area contributed by atoms with Crippen LogP contribution in [0.25, 0.3) is 0 Å². The minimum atomic E-state index is 0.0802. The van der Waals surface area contributed by atoms with E-state index in [2.05, 4.69) is 15.9 Å². The maximum Gasteiger partial charge on any atom is 0.169 e. The van der Waals surface area contributed by atoms with Crippen LogP contribution in [-0.2, 0) is 0 Å². The van der Waals surface area contributed by atoms with Crippen molar-refractivity contribution in [3.05, 3.63) is 22.6 Å². The molecule has 1 aliphatic carbocycles. The third-order valence-electron chi connectivity index (χ3n) is 2.77. The lowest BCUT2D eigenvalue weighted by Gasteiger charge is -2.27. The van der Waals surface area contributed by atoms with Crippen molar-refractivity contribution in [2.24, 2.45) is 11.7 Å². The fourth-order valence-corrected chi connectivity index (χ4v) is 2.05. The van der Waals surface area contributed by atoms with Crippen molar-refractivity contribution in [3.63, 3.8) is 0 Å². The first-order valence-corrected chi connectivity index (χ1v) is 5.56. The van der Waals surface area contributed by atoms with Gasteiger partial charge in [-0.15, -0.1) is 0 Å². The quantitative estimate of drug-likeness (QED) is 0.886. The van der Waals surface area contributed by atoms with Crippen LogP contribution in [-0.4, -0.2) is 0 Å². The molecule has 2 rings (SSSR count). The van der Waals surface area contributed by atoms with E-state index in [4.69, 9.17) is 10.2 Å². The molecule has 2 nitrogen and oxygen atoms in total. The van der Waals surface area contributed by atoms with Gasteiger partial charge in [-0.3, -0.25) is 0 Å². The maximum absolute atomic E-state index is 6.00. The molecule has 1 heterocycles. The summed E-state index contributed by atoms with van der Waals surface area (Å²) in [4.78, 5) is 0. The molecule has 0 aromatic carbocycles. The highest BCUT2D eigenvalue weighted by Gasteiger charge is 2.22. The van der Waals surface area contributed by atoms with Gasteiger partial charge in [-0.25, -0.2) is 0 Å². The first-order chi connectivity index (χ1) is 6.25. The van der Waals surface area contributed by atoms with Crippen LogP contribution < -0.4 is 5.73 Å². The molecule has 2 N–H and O–H groups in total. The molecule has 1 atom stereocenters. The summed E-state index contributed by atoms with van der Waals surface area (Å²) in [6, 6.07) is 3.93. The monoisotopic (exact) mass is 243 g/mol. The largest absolute Gasteiger partial charge is 0.453 e. The zero-order chi connectivity index (χ0) is 9.26. The van der Waals surface area contributed by atoms with E-state index in [1.807, 2.05) is 12.1 Å². The fraction of sp³-hybridized carbons (Fsp3) is 0.600. The van der Waals surface area contributed by atoms with Gasteiger partial charge in [0.15, 0.2) is 4.67 Å². The highest BCUT2D eigenvalue weighted by atomic mass is 79.9. The van der Waals surface area contributed by atoms with E-state index in [9.17, 15) is 0 Å². The van der Waals surface area contributed by atoms with Gasteiger partial charge < -0.3 is 10.2 Å². The van der Waals surface area contributed by atoms with E-state index >= 15 is 0 Å². The Labute approximate surface area is 86.6 Å². The Morgan fingerprint density at radius 3 is 2.77 bits per heavy atom. The Morgan fingerprint density at radius 1 is 1.54 bits per heavy atom. The lowest BCUT2D eigenvalue weighted by atomic mass is 9.80. The molecule has 3 heteroatoms. The van der Waals surface area contributed by atoms with Gasteiger partial charge in [0.25, 0.3) is 0 Å². The minimum Gasteiger partial charge on any atom is -0.453 e. The SMILES string of the molecule is NC(CC1CCC1)c1ccc(Br)o1. The topological polar surface area (TPSA) is 39.2 Å². The number of hydrogen-bond donors (Lipinski definition) is 1. The zero-order valence-corrected chi connectivity index (χ0v) is 9.09. The average molecular weight is 244 g/mol. The Kier molecular flexibility index (Phi) is 2.74. The van der Waals surface area contributed by atoms with Gasteiger partial charge in [-0.2, -0.15) is 0 Å². The number of halogens is 1. The minimum absolute atomic E-state index is 0.0802. The second-order valence-electron chi connectivity index (χ2n) is 3.78. The van der Waals surface area contributed by atoms with Crippen LogP contribution in [0.3, 0.4) is 0 Å². The predicted octanol–water partition coefficient (Wildman–Crippen LogP) is 3.23. The molecule has 72 valence electrons. The zero-order valence-electron chi connectivity index (χ0n) is 7.50. The number of hydrogen-bond acceptors (Lipinski definition) is 2. The Morgan fingerprint density at radius 2 is 2.31 bits per heavy atom. The number of nitrogens with two attached hydrogens (primary N) is 1. The van der Waals surface area contributed by atoms with Crippen LogP contribution in [0.5, 0.6) is 0 Å². The number of rotatable bonds is 3. The molecule has 0 radical (unpaired) electrons. The van der Waals surface area contributed by atoms with E-state index in [0.717, 1.165) is 22.8 Å². The first kappa shape index (κ1) is 9.28. The van der Waals surface area contributed by atoms with Gasteiger partial charge in [0.2, 0.25) is 0 Å². The molecule has 1 aliphatic rings. The van der Waals surface area contributed by atoms with Gasteiger partial charge in [0, 0.05) is 0 Å². The predicted molar refractivity (Wildman–Crippen MR) is 55.3 cm³/mol. The van der Waals surface area contributed by atoms with Crippen LogP contribution >= 0.6 is 15.9 Å². The van der Waals surface area contributed by atoms with Crippen LogP contribution in [0.2, 0.25) is 0 Å². The Hall–Kier alpha value is -0.280. The summed E-state index contributed by atoms with van der Waals surface area (Å²) < 4.78 is 6.18. The first-order valence-electron chi connectivity index (χ1n) is 4.76. The second-order valence-corrected chi connectivity index (χ2v) is 4.56. The summed E-state index contributed by atoms with van der Waals surface area (Å²) in [5.74, 6) is 1.73. The molecule has 0 aliphatic heterocycles. The molecular formula is C10H14BrNO. The molecule has 1 saturated carbocycles. The highest BCUT2D eigenvalue weighted by molar-refractivity contribution is 9.10. The van der Waals surface area contributed by atoms with Crippen LogP contribution in [0, 0.1) is 5.92 Å². The average Bonchev–Trinajstić information content (AvgIpc) is 2.44. The van der Waals surface area contributed by atoms with Gasteiger partial charge in [0.1, 0.15) is 5.76 Å². The van der Waals surface area contributed by atoms with Crippen molar-refractivity contribution in [2.75, 3.05) is 0 Å². The van der Waals surface area contributed by atoms with E-state index in [-0.39, 0.29) is 6.04 Å². The van der Waals surface area contributed by atoms with Crippen LogP contribution in [0.15, 0.2) is 21.2 Å². The van der Waals surface area contributed by atoms with Gasteiger partial charge >= 0.3 is 0 Å². The van der Waals surface area contributed by atoms with Crippen molar-refractivity contribution in [2.45, 2.75) is 31.7 Å². The molecule has 0 saturated heterocycles. The summed E-state index contributed by atoms with van der Waals surface area (Å²) in [5, 5.41) is 0.